The van der Waals surface area contributed by atoms with E-state index in [-0.39, 0.29) is 16.6 Å². The first kappa shape index (κ1) is 25.1. The molecule has 2 heterocycles. The van der Waals surface area contributed by atoms with Crippen molar-refractivity contribution < 1.29 is 17.6 Å². The monoisotopic (exact) mass is 552 g/mol. The summed E-state index contributed by atoms with van der Waals surface area (Å²) in [6.07, 6.45) is 1.77. The molecule has 0 aliphatic carbocycles. The van der Waals surface area contributed by atoms with Crippen LogP contribution < -0.4 is 14.5 Å². The molecule has 184 valence electrons. The number of carbonyl (C=O) groups is 1. The number of carbonyl (C=O) groups excluding carboxylic acids is 1. The van der Waals surface area contributed by atoms with Crippen LogP contribution >= 0.6 is 15.9 Å². The molecule has 0 spiro atoms. The van der Waals surface area contributed by atoms with Crippen molar-refractivity contribution in [2.75, 3.05) is 55.6 Å². The van der Waals surface area contributed by atoms with Gasteiger partial charge in [0, 0.05) is 55.8 Å². The number of rotatable bonds is 8. The molecule has 7 nitrogen and oxygen atoms in total. The van der Waals surface area contributed by atoms with Gasteiger partial charge in [0.25, 0.3) is 0 Å². The summed E-state index contributed by atoms with van der Waals surface area (Å²) in [4.78, 5) is 18.4. The van der Waals surface area contributed by atoms with E-state index < -0.39 is 10.0 Å². The van der Waals surface area contributed by atoms with Crippen LogP contribution in [0.1, 0.15) is 25.3 Å². The maximum absolute atomic E-state index is 14.0. The van der Waals surface area contributed by atoms with Crippen LogP contribution in [-0.2, 0) is 21.2 Å². The number of benzene rings is 2. The van der Waals surface area contributed by atoms with Crippen molar-refractivity contribution in [2.45, 2.75) is 31.1 Å². The number of fused-ring (bicyclic) bond motifs is 1. The van der Waals surface area contributed by atoms with E-state index in [1.165, 1.54) is 6.07 Å². The predicted octanol–water partition coefficient (Wildman–Crippen LogP) is 3.38. The lowest BCUT2D eigenvalue weighted by molar-refractivity contribution is -0.118. The highest BCUT2D eigenvalue weighted by molar-refractivity contribution is 9.10. The van der Waals surface area contributed by atoms with Gasteiger partial charge in [-0.25, -0.2) is 17.5 Å². The number of nitrogens with one attached hydrogen (secondary N) is 1. The van der Waals surface area contributed by atoms with Gasteiger partial charge in [-0.3, -0.25) is 9.69 Å². The molecule has 2 aliphatic heterocycles. The highest BCUT2D eigenvalue weighted by Crippen LogP contribution is 2.35. The lowest BCUT2D eigenvalue weighted by Crippen LogP contribution is -2.47. The second-order valence-corrected chi connectivity index (χ2v) is 11.2. The van der Waals surface area contributed by atoms with Crippen molar-refractivity contribution in [3.63, 3.8) is 0 Å². The molecule has 4 rings (SSSR count). The topological polar surface area (TPSA) is 73.0 Å². The summed E-state index contributed by atoms with van der Waals surface area (Å²) in [7, 11) is -3.72. The minimum atomic E-state index is -3.72. The fourth-order valence-electron chi connectivity index (χ4n) is 4.55. The number of hydrogen-bond donors (Lipinski definition) is 1. The summed E-state index contributed by atoms with van der Waals surface area (Å²) in [6.45, 7) is 6.55. The van der Waals surface area contributed by atoms with Crippen LogP contribution in [0.25, 0.3) is 0 Å². The van der Waals surface area contributed by atoms with Gasteiger partial charge >= 0.3 is 0 Å². The molecule has 0 radical (unpaired) electrons. The van der Waals surface area contributed by atoms with E-state index in [1.807, 2.05) is 17.0 Å². The normalized spacial score (nSPS) is 16.7. The van der Waals surface area contributed by atoms with Crippen molar-refractivity contribution in [1.29, 1.82) is 0 Å². The molecular formula is C24H30BrFN4O3S. The molecule has 0 saturated carbocycles. The third kappa shape index (κ3) is 5.45. The zero-order valence-electron chi connectivity index (χ0n) is 19.3. The van der Waals surface area contributed by atoms with Crippen molar-refractivity contribution in [2.24, 2.45) is 0 Å². The number of para-hydroxylation sites is 1. The summed E-state index contributed by atoms with van der Waals surface area (Å²) in [5.74, 6) is -0.210. The molecule has 34 heavy (non-hydrogen) atoms. The van der Waals surface area contributed by atoms with Crippen LogP contribution in [0, 0.1) is 5.82 Å². The Morgan fingerprint density at radius 2 is 1.82 bits per heavy atom. The second-order valence-electron chi connectivity index (χ2n) is 8.59. The van der Waals surface area contributed by atoms with Crippen molar-refractivity contribution in [3.8, 4) is 0 Å². The van der Waals surface area contributed by atoms with Gasteiger partial charge in [-0.1, -0.05) is 19.1 Å². The molecule has 0 aromatic heterocycles. The Balaban J connectivity index is 1.29. The molecular weight excluding hydrogens is 523 g/mol. The van der Waals surface area contributed by atoms with Gasteiger partial charge in [-0.2, -0.15) is 0 Å². The van der Waals surface area contributed by atoms with Gasteiger partial charge < -0.3 is 9.80 Å². The van der Waals surface area contributed by atoms with Crippen LogP contribution in [0.5, 0.6) is 0 Å². The van der Waals surface area contributed by atoms with Gasteiger partial charge in [0.15, 0.2) is 0 Å². The smallest absolute Gasteiger partial charge is 0.241 e. The van der Waals surface area contributed by atoms with E-state index in [0.29, 0.717) is 41.8 Å². The second kappa shape index (κ2) is 10.7. The Kier molecular flexibility index (Phi) is 7.91. The van der Waals surface area contributed by atoms with Crippen LogP contribution in [0.3, 0.4) is 0 Å². The zero-order valence-corrected chi connectivity index (χ0v) is 21.7. The SMILES string of the molecule is CCC(=O)N1CCc2cc(Br)c(S(=O)(=O)NCCCN3CCN(c4ccccc4F)CC3)cc21. The van der Waals surface area contributed by atoms with E-state index >= 15 is 0 Å². The Hall–Kier alpha value is -2.01. The average Bonchev–Trinajstić information content (AvgIpc) is 3.24. The largest absolute Gasteiger partial charge is 0.367 e. The molecule has 2 aliphatic rings. The van der Waals surface area contributed by atoms with Crippen LogP contribution in [0.15, 0.2) is 45.8 Å². The maximum Gasteiger partial charge on any atom is 0.241 e. The van der Waals surface area contributed by atoms with E-state index in [0.717, 1.165) is 44.7 Å². The number of anilines is 2. The fraction of sp³-hybridized carbons (Fsp3) is 0.458. The highest BCUT2D eigenvalue weighted by atomic mass is 79.9. The molecule has 2 aromatic carbocycles. The molecule has 1 amide bonds. The third-order valence-corrected chi connectivity index (χ3v) is 8.85. The molecule has 1 saturated heterocycles. The number of hydrogen-bond acceptors (Lipinski definition) is 5. The molecule has 0 bridgehead atoms. The summed E-state index contributed by atoms with van der Waals surface area (Å²) < 4.78 is 43.2. The van der Waals surface area contributed by atoms with E-state index in [4.69, 9.17) is 0 Å². The van der Waals surface area contributed by atoms with E-state index in [1.54, 1.807) is 30.0 Å². The van der Waals surface area contributed by atoms with Crippen molar-refractivity contribution >= 4 is 43.2 Å². The minimum Gasteiger partial charge on any atom is -0.367 e. The molecule has 0 atom stereocenters. The number of sulfonamides is 1. The van der Waals surface area contributed by atoms with Crippen LogP contribution in [0.2, 0.25) is 0 Å². The Morgan fingerprint density at radius 3 is 2.53 bits per heavy atom. The Morgan fingerprint density at radius 1 is 1.09 bits per heavy atom. The van der Waals surface area contributed by atoms with Crippen LogP contribution in [-0.4, -0.2) is 65.0 Å². The van der Waals surface area contributed by atoms with Crippen LogP contribution in [0.4, 0.5) is 15.8 Å². The first-order valence-corrected chi connectivity index (χ1v) is 13.9. The number of halogens is 2. The molecule has 1 fully saturated rings. The highest BCUT2D eigenvalue weighted by Gasteiger charge is 2.28. The first-order chi connectivity index (χ1) is 16.3. The Bertz CT molecular complexity index is 1150. The molecule has 10 heteroatoms. The summed E-state index contributed by atoms with van der Waals surface area (Å²) in [5, 5.41) is 0. The van der Waals surface area contributed by atoms with Gasteiger partial charge in [-0.05, 0) is 65.1 Å². The summed E-state index contributed by atoms with van der Waals surface area (Å²) in [6, 6.07) is 10.2. The number of piperazine rings is 1. The average molecular weight is 553 g/mol. The Labute approximate surface area is 209 Å². The summed E-state index contributed by atoms with van der Waals surface area (Å²) in [5.41, 5.74) is 2.29. The standard InChI is InChI=1S/C24H30BrFN4O3S/c1-2-24(31)30-11-8-18-16-19(25)23(17-22(18)30)34(32,33)27-9-5-10-28-12-14-29(15-13-28)21-7-4-3-6-20(21)26/h3-4,6-7,16-17,27H,2,5,8-15H2,1H3. The zero-order chi connectivity index (χ0) is 24.3. The van der Waals surface area contributed by atoms with Gasteiger partial charge in [0.1, 0.15) is 5.82 Å². The van der Waals surface area contributed by atoms with Crippen molar-refractivity contribution in [1.82, 2.24) is 9.62 Å². The van der Waals surface area contributed by atoms with E-state index in [9.17, 15) is 17.6 Å². The molecule has 1 N–H and O–H groups in total. The van der Waals surface area contributed by atoms with E-state index in [2.05, 4.69) is 25.6 Å². The molecule has 2 aromatic rings. The van der Waals surface area contributed by atoms with Crippen molar-refractivity contribution in [3.05, 3.63) is 52.3 Å². The lowest BCUT2D eigenvalue weighted by atomic mass is 10.2. The first-order valence-electron chi connectivity index (χ1n) is 11.6. The van der Waals surface area contributed by atoms with Gasteiger partial charge in [0.05, 0.1) is 10.6 Å². The third-order valence-electron chi connectivity index (χ3n) is 6.43. The predicted molar refractivity (Wildman–Crippen MR) is 135 cm³/mol. The van der Waals surface area contributed by atoms with Gasteiger partial charge in [0.2, 0.25) is 15.9 Å². The fourth-order valence-corrected chi connectivity index (χ4v) is 6.73. The number of nitrogens with zero attached hydrogens (tertiary/aromatic N) is 3. The lowest BCUT2D eigenvalue weighted by Gasteiger charge is -2.36. The quantitative estimate of drug-likeness (QED) is 0.508. The minimum absolute atomic E-state index is 0.00696. The summed E-state index contributed by atoms with van der Waals surface area (Å²) >= 11 is 3.40. The van der Waals surface area contributed by atoms with Gasteiger partial charge in [-0.15, -0.1) is 0 Å². The maximum atomic E-state index is 14.0. The number of amides is 1. The molecule has 0 unspecified atom stereocenters.